The van der Waals surface area contributed by atoms with Gasteiger partial charge in [0.15, 0.2) is 0 Å². The Morgan fingerprint density at radius 1 is 1.33 bits per heavy atom. The first kappa shape index (κ1) is 16.9. The number of carbonyl (C=O) groups excluding carboxylic acids is 2. The number of likely N-dealkylation sites (tertiary alicyclic amines) is 2. The minimum absolute atomic E-state index is 0.0280. The van der Waals surface area contributed by atoms with E-state index in [-0.39, 0.29) is 29.6 Å². The summed E-state index contributed by atoms with van der Waals surface area (Å²) in [6.45, 7) is 5.57. The molecule has 1 aromatic carbocycles. The molecule has 0 N–H and O–H groups in total. The van der Waals surface area contributed by atoms with E-state index in [9.17, 15) is 14.0 Å². The average Bonchev–Trinajstić information content (AvgIpc) is 2.89. The molecule has 2 atom stereocenters. The lowest BCUT2D eigenvalue weighted by Gasteiger charge is -2.30. The second-order valence-corrected chi connectivity index (χ2v) is 7.27. The van der Waals surface area contributed by atoms with Crippen molar-refractivity contribution in [1.82, 2.24) is 9.80 Å². The second kappa shape index (κ2) is 6.91. The van der Waals surface area contributed by atoms with Crippen LogP contribution in [0.5, 0.6) is 0 Å². The molecule has 2 fully saturated rings. The number of nitrogens with zero attached hydrogens (tertiary/aromatic N) is 2. The Hall–Kier alpha value is -1.91. The van der Waals surface area contributed by atoms with Crippen molar-refractivity contribution in [2.45, 2.75) is 45.7 Å². The monoisotopic (exact) mass is 332 g/mol. The van der Waals surface area contributed by atoms with Gasteiger partial charge in [-0.3, -0.25) is 9.59 Å². The van der Waals surface area contributed by atoms with E-state index in [0.29, 0.717) is 25.4 Å². The fourth-order valence-corrected chi connectivity index (χ4v) is 3.92. The number of hydrogen-bond acceptors (Lipinski definition) is 2. The molecule has 0 aliphatic carbocycles. The van der Waals surface area contributed by atoms with E-state index < -0.39 is 0 Å². The summed E-state index contributed by atoms with van der Waals surface area (Å²) in [5, 5.41) is 0. The van der Waals surface area contributed by atoms with Crippen LogP contribution >= 0.6 is 0 Å². The summed E-state index contributed by atoms with van der Waals surface area (Å²) in [5.74, 6) is 0.286. The molecule has 0 bridgehead atoms. The quantitative estimate of drug-likeness (QED) is 0.854. The topological polar surface area (TPSA) is 40.6 Å². The first-order chi connectivity index (χ1) is 11.5. The molecule has 2 saturated heterocycles. The molecule has 3 rings (SSSR count). The zero-order valence-electron chi connectivity index (χ0n) is 14.4. The van der Waals surface area contributed by atoms with Crippen LogP contribution in [0.3, 0.4) is 0 Å². The van der Waals surface area contributed by atoms with Crippen LogP contribution in [-0.4, -0.2) is 40.7 Å². The highest BCUT2D eigenvalue weighted by molar-refractivity contribution is 5.80. The molecule has 1 aromatic rings. The first-order valence-corrected chi connectivity index (χ1v) is 8.78. The van der Waals surface area contributed by atoms with Gasteiger partial charge in [0, 0.05) is 32.0 Å². The van der Waals surface area contributed by atoms with Gasteiger partial charge in [0.05, 0.1) is 6.04 Å². The van der Waals surface area contributed by atoms with Crippen LogP contribution in [0.15, 0.2) is 24.3 Å². The predicted octanol–water partition coefficient (Wildman–Crippen LogP) is 2.82. The van der Waals surface area contributed by atoms with Crippen LogP contribution in [0.2, 0.25) is 0 Å². The van der Waals surface area contributed by atoms with Crippen LogP contribution in [0.4, 0.5) is 4.39 Å². The fraction of sp³-hybridized carbons (Fsp3) is 0.579. The van der Waals surface area contributed by atoms with Crippen LogP contribution in [0.25, 0.3) is 0 Å². The SMILES string of the molecule is CC(C)C(=O)N1C[C@H]2CCCC(=O)N(Cc3cccc(F)c3)[C@H]2C1. The summed E-state index contributed by atoms with van der Waals surface area (Å²) in [4.78, 5) is 28.7. The van der Waals surface area contributed by atoms with Crippen molar-refractivity contribution >= 4 is 11.8 Å². The summed E-state index contributed by atoms with van der Waals surface area (Å²) in [7, 11) is 0. The molecule has 2 amide bonds. The van der Waals surface area contributed by atoms with E-state index in [0.717, 1.165) is 24.9 Å². The van der Waals surface area contributed by atoms with Crippen LogP contribution < -0.4 is 0 Å². The number of fused-ring (bicyclic) bond motifs is 1. The van der Waals surface area contributed by atoms with Gasteiger partial charge >= 0.3 is 0 Å². The Balaban J connectivity index is 1.80. The second-order valence-electron chi connectivity index (χ2n) is 7.27. The Labute approximate surface area is 142 Å². The predicted molar refractivity (Wildman–Crippen MR) is 89.5 cm³/mol. The van der Waals surface area contributed by atoms with E-state index in [1.807, 2.05) is 29.7 Å². The maximum Gasteiger partial charge on any atom is 0.225 e. The third-order valence-electron chi connectivity index (χ3n) is 5.14. The summed E-state index contributed by atoms with van der Waals surface area (Å²) in [5.41, 5.74) is 0.803. The summed E-state index contributed by atoms with van der Waals surface area (Å²) < 4.78 is 13.5. The summed E-state index contributed by atoms with van der Waals surface area (Å²) in [6.07, 6.45) is 2.38. The highest BCUT2D eigenvalue weighted by atomic mass is 19.1. The van der Waals surface area contributed by atoms with Crippen molar-refractivity contribution in [2.24, 2.45) is 11.8 Å². The van der Waals surface area contributed by atoms with Gasteiger partial charge in [-0.2, -0.15) is 0 Å². The molecule has 2 aliphatic rings. The van der Waals surface area contributed by atoms with Gasteiger partial charge in [0.1, 0.15) is 5.82 Å². The molecule has 24 heavy (non-hydrogen) atoms. The Bertz CT molecular complexity index is 632. The molecule has 0 saturated carbocycles. The molecular weight excluding hydrogens is 307 g/mol. The third kappa shape index (κ3) is 3.45. The molecule has 130 valence electrons. The number of benzene rings is 1. The zero-order valence-corrected chi connectivity index (χ0v) is 14.4. The molecule has 0 aromatic heterocycles. The van der Waals surface area contributed by atoms with Crippen molar-refractivity contribution in [2.75, 3.05) is 13.1 Å². The van der Waals surface area contributed by atoms with Crippen molar-refractivity contribution in [1.29, 1.82) is 0 Å². The highest BCUT2D eigenvalue weighted by Gasteiger charge is 2.42. The smallest absolute Gasteiger partial charge is 0.225 e. The number of rotatable bonds is 3. The minimum Gasteiger partial charge on any atom is -0.340 e. The number of amides is 2. The normalized spacial score (nSPS) is 24.2. The van der Waals surface area contributed by atoms with Crippen LogP contribution in [-0.2, 0) is 16.1 Å². The minimum atomic E-state index is -0.283. The molecule has 5 heteroatoms. The fourth-order valence-electron chi connectivity index (χ4n) is 3.92. The molecule has 0 radical (unpaired) electrons. The lowest BCUT2D eigenvalue weighted by atomic mass is 9.98. The number of halogens is 1. The van der Waals surface area contributed by atoms with E-state index in [1.54, 1.807) is 6.07 Å². The van der Waals surface area contributed by atoms with E-state index in [2.05, 4.69) is 0 Å². The van der Waals surface area contributed by atoms with Gasteiger partial charge in [-0.25, -0.2) is 4.39 Å². The number of carbonyl (C=O) groups is 2. The molecule has 4 nitrogen and oxygen atoms in total. The largest absolute Gasteiger partial charge is 0.340 e. The van der Waals surface area contributed by atoms with Crippen molar-refractivity contribution in [3.8, 4) is 0 Å². The van der Waals surface area contributed by atoms with Crippen LogP contribution in [0, 0.1) is 17.7 Å². The average molecular weight is 332 g/mol. The van der Waals surface area contributed by atoms with Crippen molar-refractivity contribution in [3.63, 3.8) is 0 Å². The number of hydrogen-bond donors (Lipinski definition) is 0. The molecule has 2 heterocycles. The zero-order chi connectivity index (χ0) is 17.3. The Kier molecular flexibility index (Phi) is 4.88. The van der Waals surface area contributed by atoms with Gasteiger partial charge < -0.3 is 9.80 Å². The van der Waals surface area contributed by atoms with Crippen molar-refractivity contribution < 1.29 is 14.0 Å². The lowest BCUT2D eigenvalue weighted by Crippen LogP contribution is -2.43. The van der Waals surface area contributed by atoms with Gasteiger partial charge in [-0.05, 0) is 36.5 Å². The van der Waals surface area contributed by atoms with E-state index in [1.165, 1.54) is 12.1 Å². The standard InChI is InChI=1S/C19H25FN2O2/c1-13(2)19(24)21-11-15-6-4-8-18(23)22(17(15)12-21)10-14-5-3-7-16(20)9-14/h3,5,7,9,13,15,17H,4,6,8,10-12H2,1-2H3/t15-,17+/m1/s1. The lowest BCUT2D eigenvalue weighted by molar-refractivity contribution is -0.136. The van der Waals surface area contributed by atoms with Crippen molar-refractivity contribution in [3.05, 3.63) is 35.6 Å². The Morgan fingerprint density at radius 3 is 2.83 bits per heavy atom. The maximum absolute atomic E-state index is 13.5. The van der Waals surface area contributed by atoms with Gasteiger partial charge in [-0.15, -0.1) is 0 Å². The van der Waals surface area contributed by atoms with E-state index in [4.69, 9.17) is 0 Å². The summed E-state index contributed by atoms with van der Waals surface area (Å²) in [6, 6.07) is 6.47. The van der Waals surface area contributed by atoms with Crippen LogP contribution in [0.1, 0.15) is 38.7 Å². The van der Waals surface area contributed by atoms with E-state index >= 15 is 0 Å². The first-order valence-electron chi connectivity index (χ1n) is 8.78. The highest BCUT2D eigenvalue weighted by Crippen LogP contribution is 2.32. The maximum atomic E-state index is 13.5. The van der Waals surface area contributed by atoms with Gasteiger partial charge in [-0.1, -0.05) is 26.0 Å². The molecule has 0 spiro atoms. The molecule has 2 aliphatic heterocycles. The molecular formula is C19H25FN2O2. The third-order valence-corrected chi connectivity index (χ3v) is 5.14. The summed E-state index contributed by atoms with van der Waals surface area (Å²) >= 11 is 0. The Morgan fingerprint density at radius 2 is 2.12 bits per heavy atom. The van der Waals surface area contributed by atoms with Gasteiger partial charge in [0.25, 0.3) is 0 Å². The molecule has 0 unspecified atom stereocenters. The van der Waals surface area contributed by atoms with Gasteiger partial charge in [0.2, 0.25) is 11.8 Å².